The van der Waals surface area contributed by atoms with E-state index in [0.29, 0.717) is 11.4 Å². The summed E-state index contributed by atoms with van der Waals surface area (Å²) >= 11 is 1.29. The molecule has 1 fully saturated rings. The maximum absolute atomic E-state index is 11.9. The number of ether oxygens (including phenoxy) is 4. The number of rotatable bonds is 6. The van der Waals surface area contributed by atoms with E-state index in [-0.39, 0.29) is 5.75 Å². The van der Waals surface area contributed by atoms with Gasteiger partial charge in [0.25, 0.3) is 0 Å². The first kappa shape index (κ1) is 23.5. The summed E-state index contributed by atoms with van der Waals surface area (Å²) < 4.78 is 22.6. The van der Waals surface area contributed by atoms with Crippen molar-refractivity contribution in [3.8, 4) is 17.0 Å². The average molecular weight is 461 g/mol. The summed E-state index contributed by atoms with van der Waals surface area (Å²) in [5.41, 5.74) is 1.40. The van der Waals surface area contributed by atoms with Gasteiger partial charge in [0, 0.05) is 50.7 Å². The fraction of sp³-hybridized carbons (Fsp3) is 0.409. The van der Waals surface area contributed by atoms with Gasteiger partial charge in [0.1, 0.15) is 11.4 Å². The molecule has 0 saturated carbocycles. The van der Waals surface area contributed by atoms with Crippen LogP contribution in [0.1, 0.15) is 26.3 Å². The molecule has 4 atom stereocenters. The Morgan fingerprint density at radius 2 is 1.66 bits per heavy atom. The molecular weight excluding hydrogens is 436 g/mol. The lowest BCUT2D eigenvalue weighted by Crippen LogP contribution is -2.55. The highest BCUT2D eigenvalue weighted by atomic mass is 32.2. The van der Waals surface area contributed by atoms with E-state index in [1.807, 2.05) is 13.0 Å². The third-order valence-corrected chi connectivity index (χ3v) is 5.79. The number of carbonyl (C=O) groups is 3. The molecule has 0 aromatic carbocycles. The van der Waals surface area contributed by atoms with Crippen LogP contribution in [0.3, 0.4) is 0 Å². The molecule has 32 heavy (non-hydrogen) atoms. The minimum Gasteiger partial charge on any atom is -0.473 e. The quantitative estimate of drug-likeness (QED) is 0.471. The van der Waals surface area contributed by atoms with Crippen LogP contribution in [0.25, 0.3) is 11.3 Å². The second kappa shape index (κ2) is 10.4. The van der Waals surface area contributed by atoms with Gasteiger partial charge in [-0.1, -0.05) is 0 Å². The summed E-state index contributed by atoms with van der Waals surface area (Å²) in [7, 11) is 0. The average Bonchev–Trinajstić information content (AvgIpc) is 2.73. The molecule has 0 radical (unpaired) electrons. The molecule has 170 valence electrons. The van der Waals surface area contributed by atoms with E-state index in [1.54, 1.807) is 30.7 Å². The smallest absolute Gasteiger partial charge is 0.303 e. The van der Waals surface area contributed by atoms with Crippen molar-refractivity contribution < 1.29 is 33.3 Å². The Labute approximate surface area is 189 Å². The Morgan fingerprint density at radius 3 is 2.28 bits per heavy atom. The molecular formula is C22H24N2O7S. The minimum absolute atomic E-state index is 0.279. The van der Waals surface area contributed by atoms with Gasteiger partial charge in [-0.3, -0.25) is 24.4 Å². The highest BCUT2D eigenvalue weighted by molar-refractivity contribution is 7.99. The van der Waals surface area contributed by atoms with Crippen LogP contribution in [0.15, 0.2) is 36.8 Å². The molecule has 1 aliphatic heterocycles. The summed E-state index contributed by atoms with van der Waals surface area (Å²) in [5, 5.41) is 0. The van der Waals surface area contributed by atoms with Gasteiger partial charge in [0.2, 0.25) is 0 Å². The number of aryl methyl sites for hydroxylation is 1. The monoisotopic (exact) mass is 460 g/mol. The summed E-state index contributed by atoms with van der Waals surface area (Å²) in [6.07, 6.45) is 2.17. The van der Waals surface area contributed by atoms with Gasteiger partial charge in [-0.15, -0.1) is 11.8 Å². The Hall–Kier alpha value is -3.14. The van der Waals surface area contributed by atoms with Crippen LogP contribution in [0, 0.1) is 6.92 Å². The zero-order chi connectivity index (χ0) is 23.3. The van der Waals surface area contributed by atoms with E-state index in [2.05, 4.69) is 9.97 Å². The van der Waals surface area contributed by atoms with Crippen LogP contribution in [-0.2, 0) is 28.6 Å². The molecule has 0 N–H and O–H groups in total. The predicted molar refractivity (Wildman–Crippen MR) is 116 cm³/mol. The number of pyridine rings is 2. The number of nitrogens with zero attached hydrogens (tertiary/aromatic N) is 2. The molecule has 10 heteroatoms. The van der Waals surface area contributed by atoms with Crippen LogP contribution >= 0.6 is 11.8 Å². The summed E-state index contributed by atoms with van der Waals surface area (Å²) in [6, 6.07) is 5.45. The molecule has 1 unspecified atom stereocenters. The largest absolute Gasteiger partial charge is 0.473 e. The van der Waals surface area contributed by atoms with Crippen molar-refractivity contribution in [2.24, 2.45) is 0 Å². The van der Waals surface area contributed by atoms with Gasteiger partial charge in [-0.05, 0) is 30.7 Å². The molecule has 3 heterocycles. The lowest BCUT2D eigenvalue weighted by Gasteiger charge is -2.40. The molecule has 1 aliphatic rings. The maximum Gasteiger partial charge on any atom is 0.303 e. The van der Waals surface area contributed by atoms with Gasteiger partial charge in [0.15, 0.2) is 23.7 Å². The highest BCUT2D eigenvalue weighted by Gasteiger charge is 2.48. The van der Waals surface area contributed by atoms with Crippen LogP contribution in [-0.4, -0.2) is 57.4 Å². The zero-order valence-electron chi connectivity index (χ0n) is 18.1. The van der Waals surface area contributed by atoms with E-state index in [1.165, 1.54) is 32.5 Å². The molecule has 0 spiro atoms. The second-order valence-electron chi connectivity index (χ2n) is 7.16. The summed E-state index contributed by atoms with van der Waals surface area (Å²) in [4.78, 5) is 43.8. The fourth-order valence-electron chi connectivity index (χ4n) is 3.33. The fourth-order valence-corrected chi connectivity index (χ4v) is 4.53. The van der Waals surface area contributed by atoms with Gasteiger partial charge in [-0.25, -0.2) is 0 Å². The van der Waals surface area contributed by atoms with Crippen LogP contribution in [0.4, 0.5) is 0 Å². The highest BCUT2D eigenvalue weighted by Crippen LogP contribution is 2.38. The Kier molecular flexibility index (Phi) is 7.68. The van der Waals surface area contributed by atoms with Crippen LogP contribution < -0.4 is 4.74 Å². The van der Waals surface area contributed by atoms with E-state index in [0.717, 1.165) is 11.1 Å². The van der Waals surface area contributed by atoms with Crippen LogP contribution in [0.2, 0.25) is 0 Å². The lowest BCUT2D eigenvalue weighted by atomic mass is 10.1. The number of esters is 3. The first-order valence-electron chi connectivity index (χ1n) is 9.92. The molecule has 0 aliphatic carbocycles. The third-order valence-electron chi connectivity index (χ3n) is 4.58. The van der Waals surface area contributed by atoms with Crippen molar-refractivity contribution in [3.05, 3.63) is 42.4 Å². The third kappa shape index (κ3) is 5.76. The predicted octanol–water partition coefficient (Wildman–Crippen LogP) is 2.70. The minimum atomic E-state index is -1.02. The van der Waals surface area contributed by atoms with Crippen molar-refractivity contribution in [3.63, 3.8) is 0 Å². The SMILES string of the molecule is CC(=O)O[C@H]1[C@H](OC(C)=O)CSC(Oc2c(C)ccnc2-c2cccnc2)[C@@H]1OC(C)=O. The van der Waals surface area contributed by atoms with Gasteiger partial charge in [-0.2, -0.15) is 0 Å². The summed E-state index contributed by atoms with van der Waals surface area (Å²) in [5.74, 6) is -0.941. The van der Waals surface area contributed by atoms with Crippen molar-refractivity contribution in [2.45, 2.75) is 51.4 Å². The molecule has 0 bridgehead atoms. The molecule has 0 amide bonds. The van der Waals surface area contributed by atoms with E-state index in [9.17, 15) is 14.4 Å². The van der Waals surface area contributed by atoms with Crippen molar-refractivity contribution in [1.82, 2.24) is 9.97 Å². The zero-order valence-corrected chi connectivity index (χ0v) is 19.0. The Morgan fingerprint density at radius 1 is 0.969 bits per heavy atom. The normalized spacial score (nSPS) is 22.5. The van der Waals surface area contributed by atoms with E-state index >= 15 is 0 Å². The first-order chi connectivity index (χ1) is 15.3. The lowest BCUT2D eigenvalue weighted by molar-refractivity contribution is -0.186. The van der Waals surface area contributed by atoms with Crippen molar-refractivity contribution in [1.29, 1.82) is 0 Å². The number of aromatic nitrogens is 2. The van der Waals surface area contributed by atoms with Crippen molar-refractivity contribution >= 4 is 29.7 Å². The molecule has 1 saturated heterocycles. The number of carbonyl (C=O) groups excluding carboxylic acids is 3. The Balaban J connectivity index is 1.97. The van der Waals surface area contributed by atoms with Gasteiger partial charge in [0.05, 0.1) is 0 Å². The molecule has 9 nitrogen and oxygen atoms in total. The van der Waals surface area contributed by atoms with Gasteiger partial charge >= 0.3 is 17.9 Å². The van der Waals surface area contributed by atoms with E-state index < -0.39 is 41.7 Å². The summed E-state index contributed by atoms with van der Waals surface area (Å²) in [6.45, 7) is 5.62. The number of hydrogen-bond acceptors (Lipinski definition) is 10. The topological polar surface area (TPSA) is 114 Å². The van der Waals surface area contributed by atoms with Crippen LogP contribution in [0.5, 0.6) is 5.75 Å². The number of thioether (sulfide) groups is 1. The standard InChI is InChI=1S/C22H24N2O7S/c1-12-7-9-24-18(16-6-5-8-23-10-16)19(12)31-22-21(30-15(4)27)20(29-14(3)26)17(11-32-22)28-13(2)25/h5-10,17,20-22H,11H2,1-4H3/t17-,20+,21-,22?/m1/s1. The molecule has 3 rings (SSSR count). The van der Waals surface area contributed by atoms with Gasteiger partial charge < -0.3 is 18.9 Å². The maximum atomic E-state index is 11.9. The second-order valence-corrected chi connectivity index (χ2v) is 8.29. The molecule has 2 aromatic rings. The van der Waals surface area contributed by atoms with Crippen molar-refractivity contribution in [2.75, 3.05) is 5.75 Å². The first-order valence-corrected chi connectivity index (χ1v) is 11.0. The number of hydrogen-bond donors (Lipinski definition) is 0. The van der Waals surface area contributed by atoms with E-state index in [4.69, 9.17) is 18.9 Å². The molecule has 2 aromatic heterocycles. The Bertz CT molecular complexity index is 985.